The summed E-state index contributed by atoms with van der Waals surface area (Å²) < 4.78 is 5.41. The van der Waals surface area contributed by atoms with Gasteiger partial charge in [0.25, 0.3) is 29.5 Å². The number of benzene rings is 2. The van der Waals surface area contributed by atoms with Crippen molar-refractivity contribution in [2.75, 3.05) is 57.6 Å². The highest BCUT2D eigenvalue weighted by Gasteiger charge is 2.20. The van der Waals surface area contributed by atoms with E-state index in [1.54, 1.807) is 83.8 Å². The van der Waals surface area contributed by atoms with E-state index in [1.165, 1.54) is 29.5 Å². The van der Waals surface area contributed by atoms with Gasteiger partial charge in [-0.15, -0.1) is 46.9 Å². The van der Waals surface area contributed by atoms with E-state index < -0.39 is 17.7 Å². The minimum Gasteiger partial charge on any atom is -0.388 e. The molecule has 0 atom stereocenters. The van der Waals surface area contributed by atoms with E-state index in [0.717, 1.165) is 10.4 Å². The maximum absolute atomic E-state index is 13.3. The first-order valence-corrected chi connectivity index (χ1v) is 20.3. The number of carbonyl (C=O) groups excluding carboxylic acids is 5. The number of aromatic nitrogens is 4. The Hall–Kier alpha value is -6.34. The number of hydrogen-bond donors (Lipinski definition) is 7. The first-order valence-electron chi connectivity index (χ1n) is 18.5. The standard InChI is InChI=1S/C40H42Cl2N12O5S.ClH/c1-51-20-25(17-30(51)36(56)45-13-10-34(43)44)47-37(57)31-18-26(21-52(31)2)48-38(58)32-19-27(22-53(32)3)49-39(59)40-50-29-16-24(6-9-33(29)60-40)46-35(55)23-4-7-28(8-5-23)54(14-11-41)15-12-42;/h4-9,16-22H,10-15H2,1-3H3,(H3,43,44)(H,45,56)(H,46,55)(H,47,57)(H,48,58)(H,49,59);1H. The number of aryl methyl sites for hydroxylation is 3. The van der Waals surface area contributed by atoms with Crippen LogP contribution in [-0.2, 0) is 21.1 Å². The molecule has 0 spiro atoms. The van der Waals surface area contributed by atoms with Gasteiger partial charge < -0.3 is 50.9 Å². The third kappa shape index (κ3) is 11.3. The van der Waals surface area contributed by atoms with Crippen molar-refractivity contribution in [1.82, 2.24) is 24.0 Å². The molecule has 0 saturated heterocycles. The normalized spacial score (nSPS) is 10.8. The summed E-state index contributed by atoms with van der Waals surface area (Å²) in [6, 6.07) is 16.9. The number of anilines is 5. The average molecular weight is 910 g/mol. The fraction of sp³-hybridized carbons (Fsp3) is 0.225. The highest BCUT2D eigenvalue weighted by molar-refractivity contribution is 7.20. The predicted molar refractivity (Wildman–Crippen MR) is 244 cm³/mol. The van der Waals surface area contributed by atoms with Crippen molar-refractivity contribution in [3.63, 3.8) is 0 Å². The highest BCUT2D eigenvalue weighted by atomic mass is 35.5. The molecule has 6 aromatic rings. The van der Waals surface area contributed by atoms with Crippen LogP contribution in [0.5, 0.6) is 0 Å². The molecule has 0 fully saturated rings. The van der Waals surface area contributed by atoms with Gasteiger partial charge in [-0.1, -0.05) is 0 Å². The summed E-state index contributed by atoms with van der Waals surface area (Å²) in [6.07, 6.45) is 4.99. The fourth-order valence-electron chi connectivity index (χ4n) is 6.26. The van der Waals surface area contributed by atoms with Crippen LogP contribution in [0.1, 0.15) is 58.0 Å². The summed E-state index contributed by atoms with van der Waals surface area (Å²) in [5, 5.41) is 21.4. The number of fused-ring (bicyclic) bond motifs is 1. The largest absolute Gasteiger partial charge is 0.388 e. The molecule has 0 aliphatic rings. The molecule has 320 valence electrons. The van der Waals surface area contributed by atoms with Gasteiger partial charge >= 0.3 is 0 Å². The van der Waals surface area contributed by atoms with Crippen molar-refractivity contribution in [1.29, 1.82) is 5.41 Å². The number of thiazole rings is 1. The van der Waals surface area contributed by atoms with Gasteiger partial charge in [-0.3, -0.25) is 29.4 Å². The maximum atomic E-state index is 13.3. The quantitative estimate of drug-likeness (QED) is 0.0322. The zero-order valence-electron chi connectivity index (χ0n) is 33.2. The number of alkyl halides is 2. The van der Waals surface area contributed by atoms with Crippen LogP contribution in [0, 0.1) is 5.41 Å². The number of amides is 5. The monoisotopic (exact) mass is 908 g/mol. The van der Waals surface area contributed by atoms with E-state index >= 15 is 0 Å². The Morgan fingerprint density at radius 2 is 1.18 bits per heavy atom. The molecule has 6 rings (SSSR count). The molecule has 8 N–H and O–H groups in total. The number of halogens is 3. The van der Waals surface area contributed by atoms with E-state index in [4.69, 9.17) is 34.3 Å². The van der Waals surface area contributed by atoms with Gasteiger partial charge in [-0.25, -0.2) is 4.98 Å². The van der Waals surface area contributed by atoms with Crippen LogP contribution in [0.15, 0.2) is 79.3 Å². The lowest BCUT2D eigenvalue weighted by Gasteiger charge is -2.22. The first-order chi connectivity index (χ1) is 28.7. The predicted octanol–water partition coefficient (Wildman–Crippen LogP) is 6.08. The molecule has 0 saturated carbocycles. The molecule has 0 aliphatic carbocycles. The number of rotatable bonds is 17. The minimum atomic E-state index is -0.482. The van der Waals surface area contributed by atoms with Crippen molar-refractivity contribution in [3.8, 4) is 0 Å². The van der Waals surface area contributed by atoms with Crippen molar-refractivity contribution in [2.24, 2.45) is 26.9 Å². The molecule has 4 aromatic heterocycles. The zero-order valence-corrected chi connectivity index (χ0v) is 36.3. The van der Waals surface area contributed by atoms with Gasteiger partial charge in [-0.05, 0) is 60.7 Å². The van der Waals surface area contributed by atoms with Crippen molar-refractivity contribution in [2.45, 2.75) is 6.42 Å². The molecule has 2 aromatic carbocycles. The topological polar surface area (TPSA) is 226 Å². The lowest BCUT2D eigenvalue weighted by molar-refractivity contribution is 0.0944. The summed E-state index contributed by atoms with van der Waals surface area (Å²) in [5.41, 5.74) is 9.65. The van der Waals surface area contributed by atoms with Gasteiger partial charge in [0.1, 0.15) is 17.1 Å². The van der Waals surface area contributed by atoms with E-state index in [9.17, 15) is 24.0 Å². The van der Waals surface area contributed by atoms with Crippen molar-refractivity contribution >= 4 is 121 Å². The fourth-order valence-corrected chi connectivity index (χ4v) is 7.50. The maximum Gasteiger partial charge on any atom is 0.284 e. The van der Waals surface area contributed by atoms with E-state index in [-0.39, 0.29) is 59.4 Å². The van der Waals surface area contributed by atoms with Gasteiger partial charge in [0.2, 0.25) is 0 Å². The number of hydrogen-bond acceptors (Lipinski definition) is 9. The first kappa shape index (κ1) is 45.7. The van der Waals surface area contributed by atoms with Crippen LogP contribution in [0.2, 0.25) is 0 Å². The second kappa shape index (κ2) is 20.3. The van der Waals surface area contributed by atoms with Crippen LogP contribution in [0.25, 0.3) is 10.2 Å². The molecule has 4 heterocycles. The molecule has 21 heteroatoms. The van der Waals surface area contributed by atoms with Crippen LogP contribution >= 0.6 is 46.9 Å². The summed E-state index contributed by atoms with van der Waals surface area (Å²) in [6.45, 7) is 1.47. The molecule has 61 heavy (non-hydrogen) atoms. The Morgan fingerprint density at radius 3 is 1.69 bits per heavy atom. The molecule has 0 radical (unpaired) electrons. The average Bonchev–Trinajstić information content (AvgIpc) is 3.99. The van der Waals surface area contributed by atoms with Crippen molar-refractivity contribution in [3.05, 3.63) is 107 Å². The number of amidine groups is 1. The zero-order chi connectivity index (χ0) is 43.1. The Morgan fingerprint density at radius 1 is 0.689 bits per heavy atom. The third-order valence-electron chi connectivity index (χ3n) is 9.21. The SMILES string of the molecule is Cl.Cn1cc(NC(=O)c2cc(NC(=O)c3cc(NC(=O)c4nc5cc(NC(=O)c6ccc(N(CCCl)CCCl)cc6)ccc5s4)cn3C)cn2C)cc1C(=O)NCCC(=N)N. The summed E-state index contributed by atoms with van der Waals surface area (Å²) in [7, 11) is 4.98. The molecule has 0 unspecified atom stereocenters. The molecular weight excluding hydrogens is 867 g/mol. The van der Waals surface area contributed by atoms with Crippen molar-refractivity contribution < 1.29 is 24.0 Å². The highest BCUT2D eigenvalue weighted by Crippen LogP contribution is 2.27. The molecule has 17 nitrogen and oxygen atoms in total. The minimum absolute atomic E-state index is 0. The van der Waals surface area contributed by atoms with Gasteiger partial charge in [-0.2, -0.15) is 0 Å². The van der Waals surface area contributed by atoms with Crippen LogP contribution in [-0.4, -0.2) is 85.5 Å². The number of nitrogens with one attached hydrogen (secondary N) is 6. The number of nitrogens with zero attached hydrogens (tertiary/aromatic N) is 5. The Balaban J connectivity index is 0.00000704. The summed E-state index contributed by atoms with van der Waals surface area (Å²) >= 11 is 13.0. The molecule has 5 amide bonds. The Bertz CT molecular complexity index is 2590. The lowest BCUT2D eigenvalue weighted by atomic mass is 10.1. The molecular formula is C40H43Cl3N12O5S. The Kier molecular flexibility index (Phi) is 15.2. The Labute approximate surface area is 370 Å². The van der Waals surface area contributed by atoms with Gasteiger partial charge in [0.15, 0.2) is 5.01 Å². The number of nitrogens with two attached hydrogens (primary N) is 1. The van der Waals surface area contributed by atoms with E-state index in [1.807, 2.05) is 17.0 Å². The summed E-state index contributed by atoms with van der Waals surface area (Å²) in [5.74, 6) is -1.25. The van der Waals surface area contributed by atoms with Crippen LogP contribution < -0.4 is 37.2 Å². The second-order valence-corrected chi connectivity index (χ2v) is 15.4. The third-order valence-corrected chi connectivity index (χ3v) is 10.6. The molecule has 0 aliphatic heterocycles. The van der Waals surface area contributed by atoms with E-state index in [2.05, 4.69) is 31.6 Å². The lowest BCUT2D eigenvalue weighted by Crippen LogP contribution is -2.28. The second-order valence-electron chi connectivity index (χ2n) is 13.6. The van der Waals surface area contributed by atoms with Crippen LogP contribution in [0.4, 0.5) is 28.4 Å². The van der Waals surface area contributed by atoms with E-state index in [0.29, 0.717) is 64.4 Å². The van der Waals surface area contributed by atoms with Gasteiger partial charge in [0, 0.05) is 94.5 Å². The van der Waals surface area contributed by atoms with Crippen LogP contribution in [0.3, 0.4) is 0 Å². The van der Waals surface area contributed by atoms with Gasteiger partial charge in [0.05, 0.1) is 33.1 Å². The number of carbonyl (C=O) groups is 5. The summed E-state index contributed by atoms with van der Waals surface area (Å²) in [4.78, 5) is 71.9. The molecule has 0 bridgehead atoms. The smallest absolute Gasteiger partial charge is 0.284 e.